The van der Waals surface area contributed by atoms with Crippen LogP contribution >= 0.6 is 0 Å². The number of pyridine rings is 1. The van der Waals surface area contributed by atoms with Crippen molar-refractivity contribution in [1.82, 2.24) is 9.88 Å². The van der Waals surface area contributed by atoms with E-state index in [1.54, 1.807) is 7.05 Å². The lowest BCUT2D eigenvalue weighted by molar-refractivity contribution is 0.266. The van der Waals surface area contributed by atoms with Crippen LogP contribution in [0.25, 0.3) is 0 Å². The number of likely N-dealkylation sites (tertiary alicyclic amines) is 1. The number of anilines is 2. The van der Waals surface area contributed by atoms with Crippen molar-refractivity contribution >= 4 is 11.6 Å². The number of aromatic nitrogens is 1. The zero-order chi connectivity index (χ0) is 14.7. The van der Waals surface area contributed by atoms with Crippen molar-refractivity contribution in [2.24, 2.45) is 5.92 Å². The predicted molar refractivity (Wildman–Crippen MR) is 77.0 cm³/mol. The third-order valence-corrected chi connectivity index (χ3v) is 3.77. The van der Waals surface area contributed by atoms with Gasteiger partial charge in [-0.2, -0.15) is 0 Å². The quantitative estimate of drug-likeness (QED) is 0.872. The van der Waals surface area contributed by atoms with Crippen molar-refractivity contribution in [2.75, 3.05) is 37.3 Å². The summed E-state index contributed by atoms with van der Waals surface area (Å²) in [6, 6.07) is 1.40. The van der Waals surface area contributed by atoms with Crippen molar-refractivity contribution in [1.29, 1.82) is 0 Å². The van der Waals surface area contributed by atoms with Gasteiger partial charge in [0.1, 0.15) is 0 Å². The molecule has 2 N–H and O–H groups in total. The molecule has 1 aromatic rings. The highest BCUT2D eigenvalue weighted by Crippen LogP contribution is 2.22. The molecule has 112 valence electrons. The first kappa shape index (κ1) is 15.0. The molecular formula is C14H22F2N4. The molecule has 2 rings (SSSR count). The molecule has 1 aromatic heterocycles. The van der Waals surface area contributed by atoms with Gasteiger partial charge in [0.05, 0.1) is 0 Å². The van der Waals surface area contributed by atoms with Gasteiger partial charge in [0, 0.05) is 32.2 Å². The summed E-state index contributed by atoms with van der Waals surface area (Å²) in [6.45, 7) is 7.09. The molecule has 0 aliphatic carbocycles. The molecule has 1 saturated heterocycles. The van der Waals surface area contributed by atoms with Gasteiger partial charge in [-0.15, -0.1) is 0 Å². The molecule has 0 spiro atoms. The molecule has 1 fully saturated rings. The first-order valence-corrected chi connectivity index (χ1v) is 7.03. The molecule has 1 unspecified atom stereocenters. The Bertz CT molecular complexity index is 465. The van der Waals surface area contributed by atoms with Crippen LogP contribution in [0.15, 0.2) is 6.07 Å². The minimum Gasteiger partial charge on any atom is -0.371 e. The summed E-state index contributed by atoms with van der Waals surface area (Å²) in [5.41, 5.74) is 0. The van der Waals surface area contributed by atoms with Crippen molar-refractivity contribution in [2.45, 2.75) is 26.3 Å². The maximum atomic E-state index is 13.6. The Hall–Kier alpha value is -1.43. The van der Waals surface area contributed by atoms with Crippen LogP contribution in [0.4, 0.5) is 20.4 Å². The van der Waals surface area contributed by atoms with Crippen LogP contribution in [0.5, 0.6) is 0 Å². The molecule has 20 heavy (non-hydrogen) atoms. The Labute approximate surface area is 118 Å². The van der Waals surface area contributed by atoms with Crippen molar-refractivity contribution in [3.05, 3.63) is 17.7 Å². The summed E-state index contributed by atoms with van der Waals surface area (Å²) in [4.78, 5) is 6.32. The maximum absolute atomic E-state index is 13.6. The Morgan fingerprint density at radius 1 is 1.35 bits per heavy atom. The Balaban J connectivity index is 1.95. The third-order valence-electron chi connectivity index (χ3n) is 3.77. The first-order valence-electron chi connectivity index (χ1n) is 7.03. The number of nitrogens with one attached hydrogen (secondary N) is 2. The second-order valence-electron chi connectivity index (χ2n) is 5.52. The van der Waals surface area contributed by atoms with E-state index in [1.165, 1.54) is 0 Å². The standard InChI is InChI=1S/C14H22F2N4/c1-9(2)20-5-4-10(8-20)7-18-14-12(16)6-11(15)13(17-3)19-14/h6,9-10H,4-5,7-8H2,1-3H3,(H2,17,18,19). The number of nitrogens with zero attached hydrogens (tertiary/aromatic N) is 2. The molecule has 4 nitrogen and oxygen atoms in total. The Morgan fingerprint density at radius 2 is 2.05 bits per heavy atom. The molecular weight excluding hydrogens is 262 g/mol. The minimum absolute atomic E-state index is 0.0594. The monoisotopic (exact) mass is 284 g/mol. The third kappa shape index (κ3) is 3.36. The van der Waals surface area contributed by atoms with E-state index >= 15 is 0 Å². The van der Waals surface area contributed by atoms with E-state index in [-0.39, 0.29) is 11.6 Å². The molecule has 0 aromatic carbocycles. The lowest BCUT2D eigenvalue weighted by Crippen LogP contribution is -2.29. The van der Waals surface area contributed by atoms with E-state index < -0.39 is 11.6 Å². The van der Waals surface area contributed by atoms with Gasteiger partial charge in [-0.1, -0.05) is 0 Å². The molecule has 1 aliphatic heterocycles. The Kier molecular flexibility index (Phi) is 4.75. The van der Waals surface area contributed by atoms with Gasteiger partial charge in [-0.05, 0) is 32.7 Å². The highest BCUT2D eigenvalue weighted by atomic mass is 19.1. The van der Waals surface area contributed by atoms with Crippen LogP contribution in [0.1, 0.15) is 20.3 Å². The highest BCUT2D eigenvalue weighted by Gasteiger charge is 2.24. The lowest BCUT2D eigenvalue weighted by atomic mass is 10.1. The van der Waals surface area contributed by atoms with Gasteiger partial charge in [0.2, 0.25) is 0 Å². The summed E-state index contributed by atoms with van der Waals surface area (Å²) in [7, 11) is 1.56. The minimum atomic E-state index is -0.678. The average Bonchev–Trinajstić information content (AvgIpc) is 2.87. The highest BCUT2D eigenvalue weighted by molar-refractivity contribution is 5.47. The van der Waals surface area contributed by atoms with Crippen molar-refractivity contribution < 1.29 is 8.78 Å². The molecule has 0 amide bonds. The number of rotatable bonds is 5. The van der Waals surface area contributed by atoms with E-state index in [2.05, 4.69) is 34.4 Å². The molecule has 1 atom stereocenters. The van der Waals surface area contributed by atoms with Crippen LogP contribution in [0, 0.1) is 17.6 Å². The summed E-state index contributed by atoms with van der Waals surface area (Å²) >= 11 is 0. The fourth-order valence-corrected chi connectivity index (χ4v) is 2.51. The summed E-state index contributed by atoms with van der Waals surface area (Å²) in [5.74, 6) is -0.688. The number of halogens is 2. The van der Waals surface area contributed by atoms with E-state index in [0.717, 1.165) is 25.6 Å². The van der Waals surface area contributed by atoms with E-state index in [1.807, 2.05) is 0 Å². The van der Waals surface area contributed by atoms with Gasteiger partial charge in [-0.25, -0.2) is 13.8 Å². The second-order valence-corrected chi connectivity index (χ2v) is 5.52. The normalized spacial score (nSPS) is 19.6. The van der Waals surface area contributed by atoms with E-state index in [9.17, 15) is 8.78 Å². The van der Waals surface area contributed by atoms with Gasteiger partial charge in [0.15, 0.2) is 23.3 Å². The first-order chi connectivity index (χ1) is 9.51. The van der Waals surface area contributed by atoms with Crippen molar-refractivity contribution in [3.8, 4) is 0 Å². The zero-order valence-corrected chi connectivity index (χ0v) is 12.2. The van der Waals surface area contributed by atoms with Crippen LogP contribution in [0.3, 0.4) is 0 Å². The predicted octanol–water partition coefficient (Wildman–Crippen LogP) is 2.54. The second kappa shape index (κ2) is 6.35. The molecule has 2 heterocycles. The summed E-state index contributed by atoms with van der Waals surface area (Å²) in [6.07, 6.45) is 1.09. The van der Waals surface area contributed by atoms with Gasteiger partial charge in [0.25, 0.3) is 0 Å². The van der Waals surface area contributed by atoms with E-state index in [0.29, 0.717) is 18.5 Å². The van der Waals surface area contributed by atoms with Crippen molar-refractivity contribution in [3.63, 3.8) is 0 Å². The van der Waals surface area contributed by atoms with E-state index in [4.69, 9.17) is 0 Å². The fourth-order valence-electron chi connectivity index (χ4n) is 2.51. The molecule has 1 aliphatic rings. The summed E-state index contributed by atoms with van der Waals surface area (Å²) in [5, 5.41) is 5.61. The molecule has 6 heteroatoms. The van der Waals surface area contributed by atoms with Crippen LogP contribution in [0.2, 0.25) is 0 Å². The van der Waals surface area contributed by atoms with Crippen LogP contribution in [-0.4, -0.2) is 42.6 Å². The SMILES string of the molecule is CNc1nc(NCC2CCN(C(C)C)C2)c(F)cc1F. The van der Waals surface area contributed by atoms with Gasteiger partial charge >= 0.3 is 0 Å². The largest absolute Gasteiger partial charge is 0.371 e. The fraction of sp³-hybridized carbons (Fsp3) is 0.643. The topological polar surface area (TPSA) is 40.2 Å². The Morgan fingerprint density at radius 3 is 2.65 bits per heavy atom. The molecule has 0 radical (unpaired) electrons. The average molecular weight is 284 g/mol. The van der Waals surface area contributed by atoms with Crippen LogP contribution < -0.4 is 10.6 Å². The van der Waals surface area contributed by atoms with Gasteiger partial charge in [-0.3, -0.25) is 0 Å². The van der Waals surface area contributed by atoms with Gasteiger partial charge < -0.3 is 15.5 Å². The lowest BCUT2D eigenvalue weighted by Gasteiger charge is -2.20. The zero-order valence-electron chi connectivity index (χ0n) is 12.2. The summed E-state index contributed by atoms with van der Waals surface area (Å²) < 4.78 is 27.0. The molecule has 0 bridgehead atoms. The smallest absolute Gasteiger partial charge is 0.168 e. The number of hydrogen-bond donors (Lipinski definition) is 2. The maximum Gasteiger partial charge on any atom is 0.168 e. The number of hydrogen-bond acceptors (Lipinski definition) is 4. The molecule has 0 saturated carbocycles. The van der Waals surface area contributed by atoms with Crippen LogP contribution in [-0.2, 0) is 0 Å².